The maximum atomic E-state index is 11.7. The lowest BCUT2D eigenvalue weighted by Gasteiger charge is -2.20. The van der Waals surface area contributed by atoms with Crippen molar-refractivity contribution >= 4 is 6.09 Å². The van der Waals surface area contributed by atoms with Crippen molar-refractivity contribution in [3.05, 3.63) is 23.8 Å². The van der Waals surface area contributed by atoms with Gasteiger partial charge in [0.05, 0.1) is 13.2 Å². The lowest BCUT2D eigenvalue weighted by Crippen LogP contribution is -2.33. The van der Waals surface area contributed by atoms with E-state index in [0.29, 0.717) is 13.0 Å². The van der Waals surface area contributed by atoms with Gasteiger partial charge in [0.1, 0.15) is 5.60 Å². The molecule has 1 saturated carbocycles. The van der Waals surface area contributed by atoms with Crippen LogP contribution in [0.1, 0.15) is 52.0 Å². The van der Waals surface area contributed by atoms with Gasteiger partial charge in [-0.1, -0.05) is 6.07 Å². The summed E-state index contributed by atoms with van der Waals surface area (Å²) < 4.78 is 16.7. The predicted molar refractivity (Wildman–Crippen MR) is 93.8 cm³/mol. The molecule has 1 aliphatic rings. The summed E-state index contributed by atoms with van der Waals surface area (Å²) in [5.41, 5.74) is 0.617. The van der Waals surface area contributed by atoms with Gasteiger partial charge in [0, 0.05) is 6.54 Å². The number of methoxy groups -OCH3 is 1. The molecule has 1 aromatic carbocycles. The Hall–Kier alpha value is -1.91. The molecule has 24 heavy (non-hydrogen) atoms. The van der Waals surface area contributed by atoms with Crippen LogP contribution in [0.25, 0.3) is 0 Å². The van der Waals surface area contributed by atoms with E-state index in [2.05, 4.69) is 5.32 Å². The number of carbonyl (C=O) groups is 1. The van der Waals surface area contributed by atoms with E-state index in [9.17, 15) is 4.79 Å². The smallest absolute Gasteiger partial charge is 0.407 e. The van der Waals surface area contributed by atoms with Crippen LogP contribution in [-0.2, 0) is 11.2 Å². The van der Waals surface area contributed by atoms with Crippen LogP contribution in [0.2, 0.25) is 0 Å². The Bertz CT molecular complexity index is 545. The van der Waals surface area contributed by atoms with E-state index in [4.69, 9.17) is 14.2 Å². The van der Waals surface area contributed by atoms with E-state index >= 15 is 0 Å². The minimum atomic E-state index is -0.480. The van der Waals surface area contributed by atoms with Gasteiger partial charge in [-0.2, -0.15) is 0 Å². The summed E-state index contributed by atoms with van der Waals surface area (Å²) in [6.45, 7) is 6.07. The number of alkyl carbamates (subject to hydrolysis) is 1. The first kappa shape index (κ1) is 18.4. The number of carbonyl (C=O) groups excluding carboxylic acids is 1. The molecule has 0 aromatic heterocycles. The first-order chi connectivity index (χ1) is 11.4. The van der Waals surface area contributed by atoms with Crippen molar-refractivity contribution in [1.29, 1.82) is 0 Å². The van der Waals surface area contributed by atoms with E-state index < -0.39 is 11.7 Å². The molecule has 1 aromatic rings. The molecule has 1 aliphatic carbocycles. The van der Waals surface area contributed by atoms with Gasteiger partial charge in [-0.25, -0.2) is 4.79 Å². The molecule has 0 radical (unpaired) electrons. The summed E-state index contributed by atoms with van der Waals surface area (Å²) in [6, 6.07) is 5.93. The molecule has 2 rings (SSSR count). The monoisotopic (exact) mass is 335 g/mol. The maximum absolute atomic E-state index is 11.7. The number of benzene rings is 1. The third kappa shape index (κ3) is 5.95. The van der Waals surface area contributed by atoms with E-state index in [1.54, 1.807) is 7.11 Å². The number of nitrogens with one attached hydrogen (secondary N) is 1. The summed E-state index contributed by atoms with van der Waals surface area (Å²) in [5, 5.41) is 2.78. The Kier molecular flexibility index (Phi) is 6.35. The summed E-state index contributed by atoms with van der Waals surface area (Å²) in [5.74, 6) is 1.55. The van der Waals surface area contributed by atoms with Gasteiger partial charge in [0.25, 0.3) is 0 Å². The molecule has 0 heterocycles. The van der Waals surface area contributed by atoms with Crippen LogP contribution in [0.15, 0.2) is 18.2 Å². The Balaban J connectivity index is 1.89. The van der Waals surface area contributed by atoms with Crippen molar-refractivity contribution in [1.82, 2.24) is 5.32 Å². The van der Waals surface area contributed by atoms with Gasteiger partial charge < -0.3 is 19.5 Å². The summed E-state index contributed by atoms with van der Waals surface area (Å²) in [6.07, 6.45) is 5.28. The minimum Gasteiger partial charge on any atom is -0.493 e. The standard InChI is InChI=1S/C19H29NO4/c1-19(2,3)24-18(21)20-12-11-14-9-10-16(22-4)17(13-14)23-15-7-5-6-8-15/h9-10,13,15H,5-8,11-12H2,1-4H3,(H,20,21). The maximum Gasteiger partial charge on any atom is 0.407 e. The molecular formula is C19H29NO4. The molecule has 0 unspecified atom stereocenters. The number of hydrogen-bond acceptors (Lipinski definition) is 4. The second-order valence-corrected chi connectivity index (χ2v) is 7.19. The average Bonchev–Trinajstić information content (AvgIpc) is 2.98. The summed E-state index contributed by atoms with van der Waals surface area (Å²) >= 11 is 0. The van der Waals surface area contributed by atoms with Crippen molar-refractivity contribution in [2.24, 2.45) is 0 Å². The highest BCUT2D eigenvalue weighted by Gasteiger charge is 2.19. The molecule has 0 saturated heterocycles. The molecule has 1 fully saturated rings. The van der Waals surface area contributed by atoms with Gasteiger partial charge in [-0.15, -0.1) is 0 Å². The fraction of sp³-hybridized carbons (Fsp3) is 0.632. The van der Waals surface area contributed by atoms with Gasteiger partial charge in [0.15, 0.2) is 11.5 Å². The van der Waals surface area contributed by atoms with Crippen molar-refractivity contribution < 1.29 is 19.0 Å². The normalized spacial score (nSPS) is 15.2. The van der Waals surface area contributed by atoms with Crippen LogP contribution in [0.3, 0.4) is 0 Å². The number of amides is 1. The van der Waals surface area contributed by atoms with Crippen LogP contribution in [-0.4, -0.2) is 31.5 Å². The molecule has 0 bridgehead atoms. The van der Waals surface area contributed by atoms with E-state index in [0.717, 1.165) is 29.9 Å². The number of rotatable bonds is 6. The predicted octanol–water partition coefficient (Wildman–Crippen LogP) is 4.08. The van der Waals surface area contributed by atoms with Crippen molar-refractivity contribution in [2.75, 3.05) is 13.7 Å². The van der Waals surface area contributed by atoms with Gasteiger partial charge in [-0.05, 0) is 70.6 Å². The quantitative estimate of drug-likeness (QED) is 0.851. The molecule has 5 nitrogen and oxygen atoms in total. The average molecular weight is 335 g/mol. The molecule has 5 heteroatoms. The second-order valence-electron chi connectivity index (χ2n) is 7.19. The van der Waals surface area contributed by atoms with E-state index in [1.807, 2.05) is 39.0 Å². The Morgan fingerprint density at radius 1 is 1.21 bits per heavy atom. The van der Waals surface area contributed by atoms with Crippen molar-refractivity contribution in [3.63, 3.8) is 0 Å². The highest BCUT2D eigenvalue weighted by atomic mass is 16.6. The van der Waals surface area contributed by atoms with Gasteiger partial charge >= 0.3 is 6.09 Å². The fourth-order valence-corrected chi connectivity index (χ4v) is 2.78. The summed E-state index contributed by atoms with van der Waals surface area (Å²) in [7, 11) is 1.65. The number of ether oxygens (including phenoxy) is 3. The molecule has 0 spiro atoms. The first-order valence-electron chi connectivity index (χ1n) is 8.68. The molecule has 1 amide bonds. The third-order valence-corrected chi connectivity index (χ3v) is 3.91. The first-order valence-corrected chi connectivity index (χ1v) is 8.68. The highest BCUT2D eigenvalue weighted by Crippen LogP contribution is 2.32. The fourth-order valence-electron chi connectivity index (χ4n) is 2.78. The topological polar surface area (TPSA) is 56.8 Å². The Labute approximate surface area is 144 Å². The SMILES string of the molecule is COc1ccc(CCNC(=O)OC(C)(C)C)cc1OC1CCCC1. The van der Waals surface area contributed by atoms with Crippen LogP contribution in [0.4, 0.5) is 4.79 Å². The van der Waals surface area contributed by atoms with Crippen molar-refractivity contribution in [2.45, 2.75) is 64.6 Å². The molecular weight excluding hydrogens is 306 g/mol. The van der Waals surface area contributed by atoms with Crippen LogP contribution < -0.4 is 14.8 Å². The summed E-state index contributed by atoms with van der Waals surface area (Å²) in [4.78, 5) is 11.7. The lowest BCUT2D eigenvalue weighted by atomic mass is 10.1. The van der Waals surface area contributed by atoms with Gasteiger partial charge in [0.2, 0.25) is 0 Å². The molecule has 0 atom stereocenters. The third-order valence-electron chi connectivity index (χ3n) is 3.91. The van der Waals surface area contributed by atoms with Crippen LogP contribution >= 0.6 is 0 Å². The lowest BCUT2D eigenvalue weighted by molar-refractivity contribution is 0.0528. The van der Waals surface area contributed by atoms with Crippen LogP contribution in [0.5, 0.6) is 11.5 Å². The zero-order valence-electron chi connectivity index (χ0n) is 15.2. The minimum absolute atomic E-state index is 0.286. The Morgan fingerprint density at radius 3 is 2.54 bits per heavy atom. The zero-order chi connectivity index (χ0) is 17.6. The largest absolute Gasteiger partial charge is 0.493 e. The Morgan fingerprint density at radius 2 is 1.92 bits per heavy atom. The van der Waals surface area contributed by atoms with E-state index in [-0.39, 0.29) is 6.10 Å². The zero-order valence-corrected chi connectivity index (χ0v) is 15.2. The van der Waals surface area contributed by atoms with Crippen molar-refractivity contribution in [3.8, 4) is 11.5 Å². The molecule has 134 valence electrons. The second kappa shape index (κ2) is 8.27. The van der Waals surface area contributed by atoms with Crippen LogP contribution in [0, 0.1) is 0 Å². The van der Waals surface area contributed by atoms with Gasteiger partial charge in [-0.3, -0.25) is 0 Å². The molecule has 1 N–H and O–H groups in total. The number of hydrogen-bond donors (Lipinski definition) is 1. The van der Waals surface area contributed by atoms with E-state index in [1.165, 1.54) is 12.8 Å². The molecule has 0 aliphatic heterocycles. The highest BCUT2D eigenvalue weighted by molar-refractivity contribution is 5.67.